The summed E-state index contributed by atoms with van der Waals surface area (Å²) in [6.07, 6.45) is 7.09. The molecule has 0 radical (unpaired) electrons. The van der Waals surface area contributed by atoms with Crippen LogP contribution in [0.2, 0.25) is 0 Å². The van der Waals surface area contributed by atoms with Gasteiger partial charge in [0.2, 0.25) is 0 Å². The van der Waals surface area contributed by atoms with E-state index in [-0.39, 0.29) is 39.2 Å². The summed E-state index contributed by atoms with van der Waals surface area (Å²) in [5, 5.41) is 2.33. The first-order chi connectivity index (χ1) is 30.6. The number of aryl methyl sites for hydroxylation is 1. The second-order valence-electron chi connectivity index (χ2n) is 25.0. The molecule has 0 amide bonds. The fraction of sp³-hybridized carbons (Fsp3) is 0.410. The summed E-state index contributed by atoms with van der Waals surface area (Å²) in [5.74, 6) is 0. The summed E-state index contributed by atoms with van der Waals surface area (Å²) in [5.41, 5.74) is 24.5. The molecule has 330 valence electrons. The van der Waals surface area contributed by atoms with Crippen molar-refractivity contribution in [2.45, 2.75) is 161 Å². The number of benzene rings is 6. The van der Waals surface area contributed by atoms with E-state index in [2.05, 4.69) is 197 Å². The summed E-state index contributed by atoms with van der Waals surface area (Å²) in [4.78, 5) is 5.36. The Labute approximate surface area is 388 Å². The third-order valence-corrected chi connectivity index (χ3v) is 17.9. The lowest BCUT2D eigenvalue weighted by atomic mass is 9.32. The van der Waals surface area contributed by atoms with E-state index in [1.54, 1.807) is 0 Å². The minimum Gasteiger partial charge on any atom is -0.456 e. The molecule has 0 unspecified atom stereocenters. The third-order valence-electron chi connectivity index (χ3n) is 17.9. The SMILES string of the molecule is Cc1cc2c3c(c1)N(c1cccc4oc5ccccc5c14)c1cc4c(cc1B3c1cc3c(cc1N2c1ccc2c(c1)C(C)(C)CCC2(C)C)C(C)(C)CCC3(C)C)C(C)(C)CCC4(C)C. The fourth-order valence-electron chi connectivity index (χ4n) is 13.4. The lowest BCUT2D eigenvalue weighted by Gasteiger charge is -2.49. The van der Waals surface area contributed by atoms with E-state index < -0.39 is 0 Å². The lowest BCUT2D eigenvalue weighted by molar-refractivity contribution is 0.332. The summed E-state index contributed by atoms with van der Waals surface area (Å²) >= 11 is 0. The van der Waals surface area contributed by atoms with Crippen LogP contribution in [0.25, 0.3) is 21.9 Å². The van der Waals surface area contributed by atoms with Crippen LogP contribution >= 0.6 is 0 Å². The molecule has 0 N–H and O–H groups in total. The van der Waals surface area contributed by atoms with Crippen molar-refractivity contribution >= 4 is 79.2 Å². The molecule has 3 aliphatic carbocycles. The lowest BCUT2D eigenvalue weighted by Crippen LogP contribution is -2.62. The van der Waals surface area contributed by atoms with E-state index in [9.17, 15) is 0 Å². The van der Waals surface area contributed by atoms with E-state index in [0.29, 0.717) is 0 Å². The van der Waals surface area contributed by atoms with Gasteiger partial charge in [-0.3, -0.25) is 0 Å². The number of hydrogen-bond donors (Lipinski definition) is 0. The molecular weight excluding hydrogens is 787 g/mol. The Kier molecular flexibility index (Phi) is 8.26. The number of rotatable bonds is 2. The Balaban J connectivity index is 1.24. The second kappa shape index (κ2) is 13.0. The molecular formula is C61H67BN2O. The fourth-order valence-corrected chi connectivity index (χ4v) is 13.4. The maximum absolute atomic E-state index is 6.66. The molecule has 0 saturated carbocycles. The first-order valence-electron chi connectivity index (χ1n) is 24.8. The molecule has 3 heterocycles. The van der Waals surface area contributed by atoms with Gasteiger partial charge in [-0.25, -0.2) is 0 Å². The molecule has 5 aliphatic rings. The summed E-state index contributed by atoms with van der Waals surface area (Å²) in [6, 6.07) is 38.6. The van der Waals surface area contributed by atoms with E-state index in [1.165, 1.54) is 133 Å². The average Bonchev–Trinajstić information content (AvgIpc) is 3.64. The summed E-state index contributed by atoms with van der Waals surface area (Å²) in [6.45, 7) is 32.1. The third kappa shape index (κ3) is 5.74. The second-order valence-corrected chi connectivity index (χ2v) is 25.0. The summed E-state index contributed by atoms with van der Waals surface area (Å²) in [7, 11) is 0. The first-order valence-corrected chi connectivity index (χ1v) is 24.8. The van der Waals surface area contributed by atoms with E-state index in [4.69, 9.17) is 4.42 Å². The Bertz CT molecular complexity index is 3210. The smallest absolute Gasteiger partial charge is 0.252 e. The molecule has 1 aromatic heterocycles. The van der Waals surface area contributed by atoms with Gasteiger partial charge in [-0.1, -0.05) is 126 Å². The van der Waals surface area contributed by atoms with Gasteiger partial charge in [0.1, 0.15) is 11.2 Å². The first kappa shape index (κ1) is 41.2. The van der Waals surface area contributed by atoms with E-state index in [1.807, 2.05) is 0 Å². The molecule has 0 atom stereocenters. The molecule has 12 rings (SSSR count). The maximum atomic E-state index is 6.66. The van der Waals surface area contributed by atoms with Gasteiger partial charge in [0.15, 0.2) is 0 Å². The van der Waals surface area contributed by atoms with Crippen LogP contribution in [0, 0.1) is 6.92 Å². The Hall–Kier alpha value is -5.22. The van der Waals surface area contributed by atoms with Gasteiger partial charge in [-0.05, 0) is 188 Å². The average molecular weight is 855 g/mol. The van der Waals surface area contributed by atoms with Gasteiger partial charge in [0.25, 0.3) is 6.71 Å². The van der Waals surface area contributed by atoms with Crippen molar-refractivity contribution in [3.8, 4) is 0 Å². The van der Waals surface area contributed by atoms with Gasteiger partial charge >= 0.3 is 0 Å². The molecule has 2 aliphatic heterocycles. The van der Waals surface area contributed by atoms with Crippen LogP contribution in [0.3, 0.4) is 0 Å². The van der Waals surface area contributed by atoms with Gasteiger partial charge < -0.3 is 14.2 Å². The van der Waals surface area contributed by atoms with Crippen LogP contribution in [-0.4, -0.2) is 6.71 Å². The minimum atomic E-state index is 0.0443. The van der Waals surface area contributed by atoms with Crippen LogP contribution < -0.4 is 26.2 Å². The minimum absolute atomic E-state index is 0.0443. The standard InChI is InChI=1S/C61H67BN2O/c1-36-29-50-55-51(30-36)64(47-18-16-20-53-54(47)38-17-14-15-19-52(38)65-53)49-35-44-42(59(8,9)26-28-61(44,12)13)33-46(49)62(55)45-32-41-43(60(10,11)27-25-58(41,6)7)34-48(45)63(50)37-21-22-39-40(31-37)57(4,5)24-23-56(39,2)3/h14-22,29-35H,23-28H2,1-13H3. The Morgan fingerprint density at radius 2 is 0.877 bits per heavy atom. The van der Waals surface area contributed by atoms with E-state index >= 15 is 0 Å². The van der Waals surface area contributed by atoms with Crippen molar-refractivity contribution in [1.82, 2.24) is 0 Å². The molecule has 4 heteroatoms. The van der Waals surface area contributed by atoms with Crippen molar-refractivity contribution in [2.24, 2.45) is 0 Å². The van der Waals surface area contributed by atoms with Gasteiger partial charge in [-0.2, -0.15) is 0 Å². The number of para-hydroxylation sites is 1. The van der Waals surface area contributed by atoms with Crippen LogP contribution in [0.1, 0.15) is 161 Å². The molecule has 3 nitrogen and oxygen atoms in total. The van der Waals surface area contributed by atoms with Crippen LogP contribution in [0.5, 0.6) is 0 Å². The van der Waals surface area contributed by atoms with Crippen molar-refractivity contribution in [1.29, 1.82) is 0 Å². The largest absolute Gasteiger partial charge is 0.456 e. The molecule has 0 bridgehead atoms. The van der Waals surface area contributed by atoms with Crippen LogP contribution in [0.15, 0.2) is 101 Å². The zero-order chi connectivity index (χ0) is 45.5. The highest BCUT2D eigenvalue weighted by atomic mass is 16.3. The molecule has 6 aromatic carbocycles. The monoisotopic (exact) mass is 855 g/mol. The molecule has 0 saturated heterocycles. The topological polar surface area (TPSA) is 19.6 Å². The zero-order valence-electron chi connectivity index (χ0n) is 41.4. The predicted molar refractivity (Wildman–Crippen MR) is 278 cm³/mol. The predicted octanol–water partition coefficient (Wildman–Crippen LogP) is 15.0. The Morgan fingerprint density at radius 3 is 1.45 bits per heavy atom. The Morgan fingerprint density at radius 1 is 0.415 bits per heavy atom. The number of nitrogens with zero attached hydrogens (tertiary/aromatic N) is 2. The highest BCUT2D eigenvalue weighted by Gasteiger charge is 2.49. The number of anilines is 6. The molecule has 0 fully saturated rings. The molecule has 7 aromatic rings. The number of furan rings is 1. The van der Waals surface area contributed by atoms with Crippen molar-refractivity contribution in [3.05, 3.63) is 136 Å². The van der Waals surface area contributed by atoms with E-state index in [0.717, 1.165) is 16.6 Å². The van der Waals surface area contributed by atoms with Gasteiger partial charge in [0.05, 0.1) is 11.1 Å². The zero-order valence-corrected chi connectivity index (χ0v) is 41.4. The molecule has 0 spiro atoms. The van der Waals surface area contributed by atoms with Crippen LogP contribution in [-0.2, 0) is 32.5 Å². The molecule has 65 heavy (non-hydrogen) atoms. The van der Waals surface area contributed by atoms with Gasteiger partial charge in [-0.15, -0.1) is 0 Å². The highest BCUT2D eigenvalue weighted by Crippen LogP contribution is 2.55. The quantitative estimate of drug-likeness (QED) is 0.162. The normalized spacial score (nSPS) is 21.0. The van der Waals surface area contributed by atoms with Crippen molar-refractivity contribution < 1.29 is 4.42 Å². The van der Waals surface area contributed by atoms with Crippen molar-refractivity contribution in [3.63, 3.8) is 0 Å². The highest BCUT2D eigenvalue weighted by molar-refractivity contribution is 7.00. The number of fused-ring (bicyclic) bond motifs is 10. The van der Waals surface area contributed by atoms with Gasteiger partial charge in [0, 0.05) is 33.8 Å². The summed E-state index contributed by atoms with van der Waals surface area (Å²) < 4.78 is 6.66. The van der Waals surface area contributed by atoms with Crippen molar-refractivity contribution in [2.75, 3.05) is 9.80 Å². The van der Waals surface area contributed by atoms with Crippen LogP contribution in [0.4, 0.5) is 34.1 Å². The number of hydrogen-bond acceptors (Lipinski definition) is 3. The maximum Gasteiger partial charge on any atom is 0.252 e.